The van der Waals surface area contributed by atoms with Crippen molar-refractivity contribution in [2.24, 2.45) is 0 Å². The van der Waals surface area contributed by atoms with Crippen molar-refractivity contribution in [2.45, 2.75) is 19.1 Å². The highest BCUT2D eigenvalue weighted by atomic mass is 16.5. The predicted molar refractivity (Wildman–Crippen MR) is 77.0 cm³/mol. The van der Waals surface area contributed by atoms with Gasteiger partial charge in [-0.15, -0.1) is 0 Å². The van der Waals surface area contributed by atoms with Crippen LogP contribution in [0.4, 0.5) is 0 Å². The van der Waals surface area contributed by atoms with E-state index in [1.807, 2.05) is 30.3 Å². The summed E-state index contributed by atoms with van der Waals surface area (Å²) in [6, 6.07) is 13.1. The third-order valence-electron chi connectivity index (χ3n) is 3.68. The van der Waals surface area contributed by atoms with E-state index < -0.39 is 6.10 Å². The molecular formula is C17H16O4. The number of hydrogen-bond acceptors (Lipinski definition) is 4. The van der Waals surface area contributed by atoms with E-state index in [0.717, 1.165) is 16.7 Å². The Labute approximate surface area is 122 Å². The average Bonchev–Trinajstić information content (AvgIpc) is 2.65. The zero-order valence-corrected chi connectivity index (χ0v) is 11.7. The van der Waals surface area contributed by atoms with E-state index in [-0.39, 0.29) is 12.4 Å². The number of aliphatic hydroxyl groups is 1. The van der Waals surface area contributed by atoms with Gasteiger partial charge in [0.1, 0.15) is 18.5 Å². The number of rotatable bonds is 2. The first-order valence-electron chi connectivity index (χ1n) is 6.77. The molecule has 0 amide bonds. The van der Waals surface area contributed by atoms with Gasteiger partial charge in [0.15, 0.2) is 0 Å². The summed E-state index contributed by atoms with van der Waals surface area (Å²) in [7, 11) is 1.36. The predicted octanol–water partition coefficient (Wildman–Crippen LogP) is 2.38. The molecule has 1 aliphatic rings. The third kappa shape index (κ3) is 2.62. The molecule has 1 heterocycles. The van der Waals surface area contributed by atoms with Gasteiger partial charge in [0.25, 0.3) is 0 Å². The van der Waals surface area contributed by atoms with Crippen LogP contribution in [0.5, 0.6) is 5.75 Å². The van der Waals surface area contributed by atoms with Crippen LogP contribution in [0.15, 0.2) is 42.5 Å². The van der Waals surface area contributed by atoms with Crippen molar-refractivity contribution < 1.29 is 19.4 Å². The van der Waals surface area contributed by atoms with Gasteiger partial charge < -0.3 is 14.6 Å². The summed E-state index contributed by atoms with van der Waals surface area (Å²) in [5.41, 5.74) is 3.28. The molecule has 1 N–H and O–H groups in total. The van der Waals surface area contributed by atoms with Crippen LogP contribution in [0.3, 0.4) is 0 Å². The Morgan fingerprint density at radius 2 is 2.10 bits per heavy atom. The molecule has 0 aliphatic carbocycles. The number of esters is 1. The highest BCUT2D eigenvalue weighted by Gasteiger charge is 2.23. The van der Waals surface area contributed by atoms with Crippen LogP contribution in [0, 0.1) is 0 Å². The van der Waals surface area contributed by atoms with Gasteiger partial charge in [-0.25, -0.2) is 0 Å². The van der Waals surface area contributed by atoms with Crippen molar-refractivity contribution in [2.75, 3.05) is 7.11 Å². The van der Waals surface area contributed by atoms with Crippen molar-refractivity contribution in [1.29, 1.82) is 0 Å². The van der Waals surface area contributed by atoms with Gasteiger partial charge in [-0.1, -0.05) is 30.3 Å². The number of fused-ring (bicyclic) bond motifs is 2. The molecular weight excluding hydrogens is 268 g/mol. The third-order valence-corrected chi connectivity index (χ3v) is 3.68. The molecule has 0 fully saturated rings. The standard InChI is InChI=1S/C17H16O4/c1-20-16(18)9-11-6-7-15-14(8-11)17(19)13-5-3-2-4-12(13)10-21-15/h2-8,17,19H,9-10H2,1H3. The Kier molecular flexibility index (Phi) is 3.62. The molecule has 3 rings (SSSR count). The topological polar surface area (TPSA) is 55.8 Å². The minimum absolute atomic E-state index is 0.179. The van der Waals surface area contributed by atoms with Gasteiger partial charge in [0.2, 0.25) is 0 Å². The minimum Gasteiger partial charge on any atom is -0.488 e. The summed E-state index contributed by atoms with van der Waals surface area (Å²) in [6.45, 7) is 0.427. The van der Waals surface area contributed by atoms with E-state index >= 15 is 0 Å². The maximum Gasteiger partial charge on any atom is 0.309 e. The molecule has 0 radical (unpaired) electrons. The fourth-order valence-electron chi connectivity index (χ4n) is 2.55. The SMILES string of the molecule is COC(=O)Cc1ccc2c(c1)C(O)c1ccccc1CO2. The highest BCUT2D eigenvalue weighted by molar-refractivity contribution is 5.72. The first-order valence-corrected chi connectivity index (χ1v) is 6.77. The van der Waals surface area contributed by atoms with E-state index in [4.69, 9.17) is 4.74 Å². The normalized spacial score (nSPS) is 16.2. The highest BCUT2D eigenvalue weighted by Crippen LogP contribution is 2.36. The second-order valence-corrected chi connectivity index (χ2v) is 5.02. The van der Waals surface area contributed by atoms with Gasteiger partial charge in [-0.2, -0.15) is 0 Å². The lowest BCUT2D eigenvalue weighted by Gasteiger charge is -2.14. The van der Waals surface area contributed by atoms with E-state index in [1.165, 1.54) is 7.11 Å². The summed E-state index contributed by atoms with van der Waals surface area (Å²) in [5.74, 6) is 0.340. The van der Waals surface area contributed by atoms with Gasteiger partial charge in [0, 0.05) is 5.56 Å². The fourth-order valence-corrected chi connectivity index (χ4v) is 2.55. The molecule has 0 aromatic heterocycles. The van der Waals surface area contributed by atoms with E-state index in [0.29, 0.717) is 17.9 Å². The van der Waals surface area contributed by atoms with Crippen LogP contribution in [-0.4, -0.2) is 18.2 Å². The Morgan fingerprint density at radius 1 is 1.29 bits per heavy atom. The lowest BCUT2D eigenvalue weighted by atomic mass is 9.96. The summed E-state index contributed by atoms with van der Waals surface area (Å²) in [6.07, 6.45) is -0.575. The zero-order valence-electron chi connectivity index (χ0n) is 11.7. The molecule has 1 atom stereocenters. The van der Waals surface area contributed by atoms with Crippen LogP contribution in [0.1, 0.15) is 28.4 Å². The number of methoxy groups -OCH3 is 1. The number of hydrogen-bond donors (Lipinski definition) is 1. The lowest BCUT2D eigenvalue weighted by Crippen LogP contribution is -2.06. The van der Waals surface area contributed by atoms with Crippen molar-refractivity contribution in [3.05, 3.63) is 64.7 Å². The van der Waals surface area contributed by atoms with Crippen LogP contribution in [-0.2, 0) is 22.6 Å². The molecule has 2 aromatic carbocycles. The molecule has 1 aliphatic heterocycles. The van der Waals surface area contributed by atoms with Crippen molar-refractivity contribution in [1.82, 2.24) is 0 Å². The molecule has 0 saturated heterocycles. The van der Waals surface area contributed by atoms with Gasteiger partial charge in [-0.3, -0.25) is 4.79 Å². The van der Waals surface area contributed by atoms with Crippen molar-refractivity contribution in [3.8, 4) is 5.75 Å². The number of ether oxygens (including phenoxy) is 2. The first kappa shape index (κ1) is 13.6. The van der Waals surface area contributed by atoms with Crippen LogP contribution in [0.2, 0.25) is 0 Å². The van der Waals surface area contributed by atoms with Gasteiger partial charge in [0.05, 0.1) is 13.5 Å². The van der Waals surface area contributed by atoms with E-state index in [9.17, 15) is 9.90 Å². The second-order valence-electron chi connectivity index (χ2n) is 5.02. The smallest absolute Gasteiger partial charge is 0.309 e. The molecule has 0 saturated carbocycles. The average molecular weight is 284 g/mol. The van der Waals surface area contributed by atoms with E-state index in [2.05, 4.69) is 4.74 Å². The molecule has 0 spiro atoms. The van der Waals surface area contributed by atoms with Crippen LogP contribution < -0.4 is 4.74 Å². The number of carbonyl (C=O) groups is 1. The molecule has 0 bridgehead atoms. The van der Waals surface area contributed by atoms with Crippen molar-refractivity contribution in [3.63, 3.8) is 0 Å². The monoisotopic (exact) mass is 284 g/mol. The lowest BCUT2D eigenvalue weighted by molar-refractivity contribution is -0.139. The van der Waals surface area contributed by atoms with Crippen LogP contribution >= 0.6 is 0 Å². The van der Waals surface area contributed by atoms with E-state index in [1.54, 1.807) is 12.1 Å². The largest absolute Gasteiger partial charge is 0.488 e. The quantitative estimate of drug-likeness (QED) is 0.860. The molecule has 4 heteroatoms. The first-order chi connectivity index (χ1) is 10.2. The number of benzene rings is 2. The Morgan fingerprint density at radius 3 is 2.90 bits per heavy atom. The Bertz CT molecular complexity index is 678. The molecule has 2 aromatic rings. The molecule has 1 unspecified atom stereocenters. The maximum absolute atomic E-state index is 11.4. The summed E-state index contributed by atoms with van der Waals surface area (Å²) >= 11 is 0. The maximum atomic E-state index is 11.4. The Hall–Kier alpha value is -2.33. The second kappa shape index (κ2) is 5.58. The number of aliphatic hydroxyl groups excluding tert-OH is 1. The van der Waals surface area contributed by atoms with Crippen LogP contribution in [0.25, 0.3) is 0 Å². The molecule has 4 nitrogen and oxygen atoms in total. The van der Waals surface area contributed by atoms with Crippen molar-refractivity contribution >= 4 is 5.97 Å². The molecule has 108 valence electrons. The minimum atomic E-state index is -0.753. The van der Waals surface area contributed by atoms with Gasteiger partial charge >= 0.3 is 5.97 Å². The summed E-state index contributed by atoms with van der Waals surface area (Å²) < 4.78 is 10.4. The molecule has 21 heavy (non-hydrogen) atoms. The van der Waals surface area contributed by atoms with Gasteiger partial charge in [-0.05, 0) is 28.8 Å². The summed E-state index contributed by atoms with van der Waals surface area (Å²) in [5, 5.41) is 10.6. The summed E-state index contributed by atoms with van der Waals surface area (Å²) in [4.78, 5) is 11.4. The Balaban J connectivity index is 2.00. The fraction of sp³-hybridized carbons (Fsp3) is 0.235. The number of carbonyl (C=O) groups excluding carboxylic acids is 1. The zero-order chi connectivity index (χ0) is 14.8.